The van der Waals surface area contributed by atoms with E-state index in [-0.39, 0.29) is 24.7 Å². The number of aromatic nitrogens is 1. The van der Waals surface area contributed by atoms with Gasteiger partial charge < -0.3 is 24.2 Å². The Kier molecular flexibility index (Phi) is 5.20. The van der Waals surface area contributed by atoms with Crippen LogP contribution in [0.15, 0.2) is 72.9 Å². The molecule has 39 heavy (non-hydrogen) atoms. The minimum Gasteiger partial charge on any atom is -0.488 e. The van der Waals surface area contributed by atoms with Gasteiger partial charge in [-0.25, -0.2) is 0 Å². The largest absolute Gasteiger partial charge is 0.488 e. The maximum absolute atomic E-state index is 14.0. The van der Waals surface area contributed by atoms with Gasteiger partial charge in [-0.15, -0.1) is 0 Å². The molecule has 4 aromatic rings. The van der Waals surface area contributed by atoms with Crippen molar-refractivity contribution in [1.29, 1.82) is 0 Å². The molecule has 0 saturated heterocycles. The average Bonchev–Trinajstić information content (AvgIpc) is 3.26. The highest BCUT2D eigenvalue weighted by atomic mass is 35.5. The summed E-state index contributed by atoms with van der Waals surface area (Å²) in [4.78, 5) is 32.3. The van der Waals surface area contributed by atoms with E-state index in [1.807, 2.05) is 24.3 Å². The van der Waals surface area contributed by atoms with E-state index in [9.17, 15) is 14.7 Å². The molecule has 194 valence electrons. The third kappa shape index (κ3) is 3.52. The molecule has 2 atom stereocenters. The smallest absolute Gasteiger partial charge is 0.264 e. The van der Waals surface area contributed by atoms with Crippen LogP contribution in [0.3, 0.4) is 0 Å². The molecule has 1 N–H and O–H groups in total. The summed E-state index contributed by atoms with van der Waals surface area (Å²) in [7, 11) is 1.62. The Balaban J connectivity index is 1.34. The van der Waals surface area contributed by atoms with Gasteiger partial charge in [0.1, 0.15) is 23.9 Å². The monoisotopic (exact) mass is 540 g/mol. The molecule has 1 aromatic heterocycles. The Bertz CT molecular complexity index is 1710. The van der Waals surface area contributed by atoms with E-state index in [2.05, 4.69) is 4.98 Å². The van der Waals surface area contributed by atoms with Gasteiger partial charge in [-0.3, -0.25) is 14.6 Å². The van der Waals surface area contributed by atoms with Crippen LogP contribution < -0.4 is 19.1 Å². The molecule has 3 aliphatic rings. The predicted octanol–water partition coefficient (Wildman–Crippen LogP) is 4.53. The number of fused-ring (bicyclic) bond motifs is 5. The van der Waals surface area contributed by atoms with E-state index >= 15 is 0 Å². The number of Topliss-reactive ketones (excluding diaryl/α,β-unsaturated/α-hetero) is 1. The number of ketones is 1. The minimum atomic E-state index is -1.90. The number of halogens is 1. The Morgan fingerprint density at radius 2 is 1.82 bits per heavy atom. The highest BCUT2D eigenvalue weighted by Crippen LogP contribution is 2.49. The number of amides is 1. The fourth-order valence-corrected chi connectivity index (χ4v) is 5.57. The topological polar surface area (TPSA) is 98.2 Å². The number of pyridine rings is 1. The maximum Gasteiger partial charge on any atom is 0.264 e. The van der Waals surface area contributed by atoms with Crippen LogP contribution in [0.4, 0.5) is 5.69 Å². The van der Waals surface area contributed by atoms with Crippen molar-refractivity contribution < 1.29 is 28.9 Å². The van der Waals surface area contributed by atoms with Gasteiger partial charge in [-0.05, 0) is 54.6 Å². The van der Waals surface area contributed by atoms with E-state index in [0.29, 0.717) is 33.3 Å². The van der Waals surface area contributed by atoms with Crippen molar-refractivity contribution in [3.63, 3.8) is 0 Å². The summed E-state index contributed by atoms with van der Waals surface area (Å²) < 4.78 is 17.5. The second-order valence-corrected chi connectivity index (χ2v) is 10.1. The van der Waals surface area contributed by atoms with Gasteiger partial charge in [-0.1, -0.05) is 23.7 Å². The van der Waals surface area contributed by atoms with Crippen molar-refractivity contribution >= 4 is 29.0 Å². The standard InChI is InChI=1S/C30H21ClN2O6/c1-33-22-11-16(6-8-25(22)38-15-26(33)34)28(35)29-30(36,21-12-19(31)7-9-24(21)39-29)18-10-17-14-37-23-5-3-2-4-20(23)27(17)32-13-18/h2-13,29,36H,14-15H2,1H3/t29-,30+/m0/s1. The van der Waals surface area contributed by atoms with Gasteiger partial charge in [0.05, 0.1) is 11.4 Å². The number of nitrogens with zero attached hydrogens (tertiary/aromatic N) is 2. The number of carbonyl (C=O) groups excluding carboxylic acids is 2. The van der Waals surface area contributed by atoms with E-state index < -0.39 is 17.5 Å². The molecule has 3 aromatic carbocycles. The number of ether oxygens (including phenoxy) is 3. The average molecular weight is 541 g/mol. The first-order chi connectivity index (χ1) is 18.8. The highest BCUT2D eigenvalue weighted by Gasteiger charge is 2.53. The van der Waals surface area contributed by atoms with Crippen LogP contribution in [0.1, 0.15) is 27.0 Å². The van der Waals surface area contributed by atoms with E-state index in [1.54, 1.807) is 55.7 Å². The fourth-order valence-electron chi connectivity index (χ4n) is 5.40. The number of rotatable bonds is 3. The third-order valence-corrected chi connectivity index (χ3v) is 7.71. The second-order valence-electron chi connectivity index (χ2n) is 9.71. The maximum atomic E-state index is 14.0. The second kappa shape index (κ2) is 8.56. The van der Waals surface area contributed by atoms with Crippen LogP contribution in [-0.2, 0) is 17.0 Å². The number of carbonyl (C=O) groups is 2. The Morgan fingerprint density at radius 3 is 2.69 bits per heavy atom. The summed E-state index contributed by atoms with van der Waals surface area (Å²) >= 11 is 6.32. The van der Waals surface area contributed by atoms with E-state index in [1.165, 1.54) is 4.90 Å². The normalized spacial score (nSPS) is 20.5. The van der Waals surface area contributed by atoms with Crippen molar-refractivity contribution in [1.82, 2.24) is 4.98 Å². The van der Waals surface area contributed by atoms with E-state index in [4.69, 9.17) is 25.8 Å². The van der Waals surface area contributed by atoms with Crippen molar-refractivity contribution in [2.24, 2.45) is 0 Å². The number of aliphatic hydroxyl groups is 1. The molecule has 8 nitrogen and oxygen atoms in total. The van der Waals surface area contributed by atoms with Crippen molar-refractivity contribution in [2.75, 3.05) is 18.6 Å². The molecule has 9 heteroatoms. The van der Waals surface area contributed by atoms with E-state index in [0.717, 1.165) is 22.6 Å². The van der Waals surface area contributed by atoms with Gasteiger partial charge in [0.25, 0.3) is 5.91 Å². The molecule has 0 fully saturated rings. The lowest BCUT2D eigenvalue weighted by Crippen LogP contribution is -2.45. The SMILES string of the molecule is CN1C(=O)COc2ccc(C(=O)[C@@H]3Oc4ccc(Cl)cc4[C@]3(O)c3cnc4c(c3)COc3ccccc3-4)cc21. The summed E-state index contributed by atoms with van der Waals surface area (Å²) in [6.45, 7) is 0.189. The van der Waals surface area contributed by atoms with Gasteiger partial charge in [0.15, 0.2) is 18.3 Å². The molecular formula is C30H21ClN2O6. The van der Waals surface area contributed by atoms with Crippen molar-refractivity contribution in [3.05, 3.63) is 100 Å². The molecule has 0 aliphatic carbocycles. The van der Waals surface area contributed by atoms with Gasteiger partial charge in [0, 0.05) is 46.1 Å². The molecule has 0 spiro atoms. The van der Waals surface area contributed by atoms with Gasteiger partial charge in [0.2, 0.25) is 5.78 Å². The van der Waals surface area contributed by atoms with Crippen molar-refractivity contribution in [2.45, 2.75) is 18.3 Å². The predicted molar refractivity (Wildman–Crippen MR) is 143 cm³/mol. The van der Waals surface area contributed by atoms with Crippen LogP contribution in [0.25, 0.3) is 11.3 Å². The zero-order chi connectivity index (χ0) is 26.9. The highest BCUT2D eigenvalue weighted by molar-refractivity contribution is 6.30. The molecule has 0 unspecified atom stereocenters. The molecular weight excluding hydrogens is 520 g/mol. The quantitative estimate of drug-likeness (QED) is 0.381. The van der Waals surface area contributed by atoms with Gasteiger partial charge >= 0.3 is 0 Å². The first-order valence-electron chi connectivity index (χ1n) is 12.3. The molecule has 7 rings (SSSR count). The summed E-state index contributed by atoms with van der Waals surface area (Å²) in [6.07, 6.45) is 0.222. The number of anilines is 1. The zero-order valence-corrected chi connectivity index (χ0v) is 21.4. The molecule has 3 aliphatic heterocycles. The number of benzene rings is 3. The summed E-state index contributed by atoms with van der Waals surface area (Å²) in [5.41, 5.74) is 1.93. The van der Waals surface area contributed by atoms with Crippen LogP contribution in [0.5, 0.6) is 17.2 Å². The molecule has 1 amide bonds. The van der Waals surface area contributed by atoms with Crippen molar-refractivity contribution in [3.8, 4) is 28.5 Å². The lowest BCUT2D eigenvalue weighted by Gasteiger charge is -2.30. The summed E-state index contributed by atoms with van der Waals surface area (Å²) in [5, 5.41) is 12.8. The first kappa shape index (κ1) is 23.7. The third-order valence-electron chi connectivity index (χ3n) is 7.48. The minimum absolute atomic E-state index is 0.0716. The molecule has 4 heterocycles. The lowest BCUT2D eigenvalue weighted by molar-refractivity contribution is -0.121. The number of para-hydroxylation sites is 1. The number of hydrogen-bond donors (Lipinski definition) is 1. The Labute approximate surface area is 228 Å². The summed E-state index contributed by atoms with van der Waals surface area (Å²) in [5.74, 6) is 0.863. The van der Waals surface area contributed by atoms with Crippen LogP contribution >= 0.6 is 11.6 Å². The Hall–Kier alpha value is -4.40. The number of likely N-dealkylation sites (N-methyl/N-ethyl adjacent to an activating group) is 1. The molecule has 0 saturated carbocycles. The zero-order valence-electron chi connectivity index (χ0n) is 20.7. The fraction of sp³-hybridized carbons (Fsp3) is 0.167. The summed E-state index contributed by atoms with van der Waals surface area (Å²) in [6, 6.07) is 19.1. The first-order valence-corrected chi connectivity index (χ1v) is 12.7. The Morgan fingerprint density at radius 1 is 1.03 bits per heavy atom. The molecule has 0 bridgehead atoms. The van der Waals surface area contributed by atoms with Crippen LogP contribution in [0.2, 0.25) is 5.02 Å². The van der Waals surface area contributed by atoms with Crippen LogP contribution in [0, 0.1) is 0 Å². The van der Waals surface area contributed by atoms with Gasteiger partial charge in [-0.2, -0.15) is 0 Å². The lowest BCUT2D eigenvalue weighted by atomic mass is 9.80. The molecule has 0 radical (unpaired) electrons. The van der Waals surface area contributed by atoms with Crippen LogP contribution in [-0.4, -0.2) is 41.5 Å². The number of hydrogen-bond acceptors (Lipinski definition) is 7.